The molecule has 1 spiro atoms. The maximum atomic E-state index is 11.3. The molecule has 0 radical (unpaired) electrons. The molecule has 210 valence electrons. The Morgan fingerprint density at radius 2 is 1.29 bits per heavy atom. The van der Waals surface area contributed by atoms with Gasteiger partial charge in [0.25, 0.3) is 0 Å². The number of piperidine rings is 3. The maximum Gasteiger partial charge on any atom is 0.140 e. The summed E-state index contributed by atoms with van der Waals surface area (Å²) in [4.78, 5) is 14.6. The van der Waals surface area contributed by atoms with Gasteiger partial charge in [0.2, 0.25) is 0 Å². The van der Waals surface area contributed by atoms with Gasteiger partial charge in [0.15, 0.2) is 0 Å². The van der Waals surface area contributed by atoms with Crippen LogP contribution in [0.1, 0.15) is 18.4 Å². The highest BCUT2D eigenvalue weighted by molar-refractivity contribution is 7.80. The lowest BCUT2D eigenvalue weighted by atomic mass is 9.43. The highest BCUT2D eigenvalue weighted by Gasteiger charge is 2.76. The van der Waals surface area contributed by atoms with E-state index in [9.17, 15) is 10.5 Å². The molecule has 3 aromatic rings. The van der Waals surface area contributed by atoms with Gasteiger partial charge < -0.3 is 14.7 Å². The van der Waals surface area contributed by atoms with Crippen LogP contribution in [0.2, 0.25) is 0 Å². The van der Waals surface area contributed by atoms with Gasteiger partial charge in [-0.15, -0.1) is 0 Å². The third-order valence-corrected chi connectivity index (χ3v) is 10.6. The Bertz CT molecular complexity index is 1590. The molecule has 2 unspecified atom stereocenters. The number of aliphatic imine (C=N–C) groups is 1. The molecular formula is C34H33N7S. The van der Waals surface area contributed by atoms with Crippen molar-refractivity contribution in [2.45, 2.75) is 19.4 Å². The SMILES string of the molecule is N#CC12CN(c3ccccc3)CC(C#N)(C3=NCN(c4ccccc4)CN3C1=S)C21CCN(Cc2ccccc2)CC1. The van der Waals surface area contributed by atoms with E-state index in [1.807, 2.05) is 47.4 Å². The van der Waals surface area contributed by atoms with E-state index in [4.69, 9.17) is 17.2 Å². The average Bonchev–Trinajstić information content (AvgIpc) is 3.06. The van der Waals surface area contributed by atoms with Crippen molar-refractivity contribution < 1.29 is 0 Å². The number of para-hydroxylation sites is 2. The molecule has 4 heterocycles. The zero-order valence-corrected chi connectivity index (χ0v) is 24.4. The monoisotopic (exact) mass is 571 g/mol. The summed E-state index contributed by atoms with van der Waals surface area (Å²) in [6.45, 7) is 4.34. The molecule has 0 N–H and O–H groups in total. The van der Waals surface area contributed by atoms with Gasteiger partial charge in [-0.25, -0.2) is 4.99 Å². The van der Waals surface area contributed by atoms with Crippen LogP contribution in [0.4, 0.5) is 11.4 Å². The number of fused-ring (bicyclic) bond motifs is 2. The standard InChI is InChI=1S/C34H33N7S/c35-21-32-23-39(28-12-6-2-7-13-28)24-33(22-36,34(32)16-18-38(19-17-34)20-27-10-4-1-5-11-27)31(42)41-26-40(25-37-30(32)41)29-14-8-3-9-15-29/h1-15H,16-20,23-26H2. The van der Waals surface area contributed by atoms with Crippen LogP contribution in [0.5, 0.6) is 0 Å². The van der Waals surface area contributed by atoms with E-state index in [2.05, 4.69) is 75.4 Å². The van der Waals surface area contributed by atoms with Gasteiger partial charge in [-0.2, -0.15) is 10.5 Å². The number of nitrogens with zero attached hydrogens (tertiary/aromatic N) is 7. The van der Waals surface area contributed by atoms with Crippen molar-refractivity contribution in [1.29, 1.82) is 10.5 Å². The maximum absolute atomic E-state index is 11.3. The summed E-state index contributed by atoms with van der Waals surface area (Å²) in [6, 6.07) is 36.5. The Morgan fingerprint density at radius 1 is 0.738 bits per heavy atom. The summed E-state index contributed by atoms with van der Waals surface area (Å²) in [5.41, 5.74) is 0.683. The fourth-order valence-corrected chi connectivity index (χ4v) is 8.37. The van der Waals surface area contributed by atoms with Crippen molar-refractivity contribution in [3.05, 3.63) is 96.6 Å². The highest BCUT2D eigenvalue weighted by atomic mass is 32.1. The third kappa shape index (κ3) is 3.79. The molecule has 2 bridgehead atoms. The summed E-state index contributed by atoms with van der Waals surface area (Å²) in [5.74, 6) is 0.741. The zero-order chi connectivity index (χ0) is 28.8. The number of nitriles is 2. The Hall–Kier alpha value is -4.24. The van der Waals surface area contributed by atoms with Crippen molar-refractivity contribution in [3.63, 3.8) is 0 Å². The van der Waals surface area contributed by atoms with Crippen LogP contribution in [0.15, 0.2) is 96.0 Å². The van der Waals surface area contributed by atoms with Crippen LogP contribution in [-0.2, 0) is 6.54 Å². The molecule has 0 saturated carbocycles. The minimum atomic E-state index is -1.02. The van der Waals surface area contributed by atoms with Gasteiger partial charge in [-0.3, -0.25) is 4.90 Å². The minimum absolute atomic E-state index is 0.447. The number of rotatable bonds is 4. The van der Waals surface area contributed by atoms with Crippen LogP contribution < -0.4 is 9.80 Å². The zero-order valence-electron chi connectivity index (χ0n) is 23.6. The van der Waals surface area contributed by atoms with Gasteiger partial charge in [0.1, 0.15) is 28.3 Å². The third-order valence-electron chi connectivity index (χ3n) is 10.0. The number of anilines is 2. The first-order valence-corrected chi connectivity index (χ1v) is 15.0. The molecule has 3 aromatic carbocycles. The van der Waals surface area contributed by atoms with Crippen molar-refractivity contribution in [1.82, 2.24) is 9.80 Å². The topological polar surface area (TPSA) is 72.9 Å². The minimum Gasteiger partial charge on any atom is -0.367 e. The van der Waals surface area contributed by atoms with Crippen LogP contribution in [-0.4, -0.2) is 60.1 Å². The number of hydrogen-bond acceptors (Lipinski definition) is 7. The van der Waals surface area contributed by atoms with Crippen molar-refractivity contribution in [3.8, 4) is 12.1 Å². The molecule has 8 heteroatoms. The molecule has 7 rings (SSSR count). The van der Waals surface area contributed by atoms with Crippen LogP contribution in [0.25, 0.3) is 0 Å². The van der Waals surface area contributed by atoms with Gasteiger partial charge >= 0.3 is 0 Å². The second-order valence-electron chi connectivity index (χ2n) is 11.9. The largest absolute Gasteiger partial charge is 0.367 e. The number of amidine groups is 1. The molecule has 3 saturated heterocycles. The van der Waals surface area contributed by atoms with E-state index in [1.54, 1.807) is 0 Å². The molecular weight excluding hydrogens is 538 g/mol. The van der Waals surface area contributed by atoms with E-state index in [0.29, 0.717) is 31.4 Å². The number of benzene rings is 3. The van der Waals surface area contributed by atoms with Crippen molar-refractivity contribution in [2.75, 3.05) is 49.3 Å². The predicted octanol–water partition coefficient (Wildman–Crippen LogP) is 5.29. The first-order valence-electron chi connectivity index (χ1n) is 14.6. The van der Waals surface area contributed by atoms with Gasteiger partial charge in [0, 0.05) is 36.4 Å². The first kappa shape index (κ1) is 26.6. The molecule has 4 aliphatic rings. The van der Waals surface area contributed by atoms with E-state index >= 15 is 0 Å². The quantitative estimate of drug-likeness (QED) is 0.394. The number of hydrogen-bond donors (Lipinski definition) is 0. The fourth-order valence-electron chi connectivity index (χ4n) is 7.92. The number of likely N-dealkylation sites (tertiary alicyclic amines) is 1. The Labute approximate surface area is 252 Å². The van der Waals surface area contributed by atoms with Crippen LogP contribution in [0.3, 0.4) is 0 Å². The summed E-state index contributed by atoms with van der Waals surface area (Å²) in [7, 11) is 0. The van der Waals surface area contributed by atoms with E-state index in [-0.39, 0.29) is 0 Å². The molecule has 0 aliphatic carbocycles. The normalized spacial score (nSPS) is 26.7. The van der Waals surface area contributed by atoms with E-state index in [0.717, 1.165) is 49.7 Å². The molecule has 2 atom stereocenters. The summed E-state index contributed by atoms with van der Waals surface area (Å²) in [5, 5.41) is 22.6. The van der Waals surface area contributed by atoms with Crippen LogP contribution >= 0.6 is 12.2 Å². The number of thiocarbonyl (C=S) groups is 1. The van der Waals surface area contributed by atoms with E-state index < -0.39 is 16.2 Å². The molecule has 0 aromatic heterocycles. The van der Waals surface area contributed by atoms with E-state index in [1.165, 1.54) is 5.56 Å². The predicted molar refractivity (Wildman–Crippen MR) is 169 cm³/mol. The first-order chi connectivity index (χ1) is 20.6. The lowest BCUT2D eigenvalue weighted by molar-refractivity contribution is -0.0460. The Kier molecular flexibility index (Phi) is 6.50. The molecule has 4 aliphatic heterocycles. The smallest absolute Gasteiger partial charge is 0.140 e. The second kappa shape index (κ2) is 10.2. The highest BCUT2D eigenvalue weighted by Crippen LogP contribution is 2.66. The lowest BCUT2D eigenvalue weighted by Gasteiger charge is -2.68. The average molecular weight is 572 g/mol. The van der Waals surface area contributed by atoms with Crippen molar-refractivity contribution >= 4 is 34.4 Å². The summed E-state index contributed by atoms with van der Waals surface area (Å²) in [6.07, 6.45) is 1.44. The summed E-state index contributed by atoms with van der Waals surface area (Å²) >= 11 is 6.36. The molecule has 7 nitrogen and oxygen atoms in total. The Morgan fingerprint density at radius 3 is 1.88 bits per heavy atom. The van der Waals surface area contributed by atoms with Crippen LogP contribution in [0, 0.1) is 38.9 Å². The van der Waals surface area contributed by atoms with Crippen molar-refractivity contribution in [2.24, 2.45) is 21.2 Å². The lowest BCUT2D eigenvalue weighted by Crippen LogP contribution is -2.80. The molecule has 3 fully saturated rings. The fraction of sp³-hybridized carbons (Fsp3) is 0.353. The van der Waals surface area contributed by atoms with Gasteiger partial charge in [-0.05, 0) is 55.8 Å². The molecule has 0 amide bonds. The summed E-state index contributed by atoms with van der Waals surface area (Å²) < 4.78 is 0. The van der Waals surface area contributed by atoms with Gasteiger partial charge in [-0.1, -0.05) is 78.9 Å². The Balaban J connectivity index is 1.33. The van der Waals surface area contributed by atoms with Gasteiger partial charge in [0.05, 0.1) is 18.8 Å². The molecule has 42 heavy (non-hydrogen) atoms. The second-order valence-corrected chi connectivity index (χ2v) is 12.3.